The summed E-state index contributed by atoms with van der Waals surface area (Å²) in [4.78, 5) is 0. The van der Waals surface area contributed by atoms with E-state index in [1.165, 1.54) is 0 Å². The Morgan fingerprint density at radius 2 is 2.18 bits per heavy atom. The molecule has 2 rings (SSSR count). The fraction of sp³-hybridized carbons (Fsp3) is 0.308. The van der Waals surface area contributed by atoms with Crippen molar-refractivity contribution >= 4 is 15.9 Å². The Kier molecular flexibility index (Phi) is 4.34. The van der Waals surface area contributed by atoms with Gasteiger partial charge in [0.1, 0.15) is 0 Å². The summed E-state index contributed by atoms with van der Waals surface area (Å²) in [7, 11) is 0. The van der Waals surface area contributed by atoms with Gasteiger partial charge in [0, 0.05) is 22.3 Å². The molecule has 0 radical (unpaired) electrons. The largest absolute Gasteiger partial charge is 0.311 e. The van der Waals surface area contributed by atoms with Crippen molar-refractivity contribution in [2.75, 3.05) is 6.54 Å². The Balaban J connectivity index is 2.10. The Labute approximate surface area is 110 Å². The second kappa shape index (κ2) is 5.98. The van der Waals surface area contributed by atoms with E-state index in [-0.39, 0.29) is 0 Å². The summed E-state index contributed by atoms with van der Waals surface area (Å²) >= 11 is 3.54. The maximum absolute atomic E-state index is 4.33. The summed E-state index contributed by atoms with van der Waals surface area (Å²) in [5, 5.41) is 10.7. The number of hydrogen-bond acceptors (Lipinski definition) is 2. The molecule has 17 heavy (non-hydrogen) atoms. The lowest BCUT2D eigenvalue weighted by atomic mass is 10.1. The van der Waals surface area contributed by atoms with Crippen molar-refractivity contribution in [3.63, 3.8) is 0 Å². The molecular formula is C13H16BrN3. The van der Waals surface area contributed by atoms with Gasteiger partial charge in [0.05, 0.1) is 5.69 Å². The summed E-state index contributed by atoms with van der Waals surface area (Å²) in [6, 6.07) is 10.2. The number of aromatic nitrogens is 2. The van der Waals surface area contributed by atoms with E-state index in [2.05, 4.69) is 50.5 Å². The highest BCUT2D eigenvalue weighted by atomic mass is 79.9. The van der Waals surface area contributed by atoms with E-state index in [4.69, 9.17) is 0 Å². The van der Waals surface area contributed by atoms with Gasteiger partial charge in [0.25, 0.3) is 0 Å². The molecule has 1 heterocycles. The van der Waals surface area contributed by atoms with Crippen LogP contribution in [0.5, 0.6) is 0 Å². The molecule has 0 aliphatic carbocycles. The molecule has 1 aromatic carbocycles. The first-order valence-corrected chi connectivity index (χ1v) is 6.60. The van der Waals surface area contributed by atoms with Crippen LogP contribution in [0.1, 0.15) is 19.0 Å². The van der Waals surface area contributed by atoms with Crippen LogP contribution < -0.4 is 5.32 Å². The van der Waals surface area contributed by atoms with E-state index < -0.39 is 0 Å². The second-order valence-corrected chi connectivity index (χ2v) is 4.79. The third-order valence-electron chi connectivity index (χ3n) is 2.52. The number of aromatic amines is 1. The summed E-state index contributed by atoms with van der Waals surface area (Å²) in [5.41, 5.74) is 3.21. The zero-order chi connectivity index (χ0) is 12.1. The highest BCUT2D eigenvalue weighted by Gasteiger charge is 2.06. The lowest BCUT2D eigenvalue weighted by molar-refractivity contribution is 0.662. The topological polar surface area (TPSA) is 40.7 Å². The molecule has 2 N–H and O–H groups in total. The molecule has 2 aromatic rings. The molecule has 0 amide bonds. The molecule has 0 saturated carbocycles. The van der Waals surface area contributed by atoms with Crippen LogP contribution in [0.4, 0.5) is 0 Å². The molecule has 0 spiro atoms. The van der Waals surface area contributed by atoms with Crippen molar-refractivity contribution in [1.29, 1.82) is 0 Å². The zero-order valence-electron chi connectivity index (χ0n) is 9.83. The maximum Gasteiger partial charge on any atom is 0.0935 e. The van der Waals surface area contributed by atoms with Gasteiger partial charge in [-0.1, -0.05) is 41.1 Å². The van der Waals surface area contributed by atoms with Crippen LogP contribution in [0.2, 0.25) is 0 Å². The van der Waals surface area contributed by atoms with Gasteiger partial charge in [-0.25, -0.2) is 0 Å². The van der Waals surface area contributed by atoms with E-state index >= 15 is 0 Å². The normalized spacial score (nSPS) is 10.7. The summed E-state index contributed by atoms with van der Waals surface area (Å²) in [6.45, 7) is 4.03. The van der Waals surface area contributed by atoms with Crippen LogP contribution in [-0.4, -0.2) is 16.7 Å². The number of benzene rings is 1. The lowest BCUT2D eigenvalue weighted by Crippen LogP contribution is -2.13. The lowest BCUT2D eigenvalue weighted by Gasteiger charge is -1.99. The van der Waals surface area contributed by atoms with Crippen LogP contribution in [0.25, 0.3) is 11.3 Å². The predicted molar refractivity (Wildman–Crippen MR) is 73.7 cm³/mol. The number of nitrogens with zero attached hydrogens (tertiary/aromatic N) is 1. The standard InChI is InChI=1S/C13H16BrN3/c1-2-7-15-9-10-8-13(17-16-10)11-5-3-4-6-12(11)14/h3-6,8,15H,2,7,9H2,1H3,(H,16,17). The third kappa shape index (κ3) is 3.17. The van der Waals surface area contributed by atoms with Crippen molar-refractivity contribution in [3.05, 3.63) is 40.5 Å². The molecule has 0 atom stereocenters. The summed E-state index contributed by atoms with van der Waals surface area (Å²) in [5.74, 6) is 0. The van der Waals surface area contributed by atoms with Gasteiger partial charge in [-0.3, -0.25) is 5.10 Å². The zero-order valence-corrected chi connectivity index (χ0v) is 11.4. The number of rotatable bonds is 5. The minimum Gasteiger partial charge on any atom is -0.311 e. The van der Waals surface area contributed by atoms with Crippen molar-refractivity contribution < 1.29 is 0 Å². The minimum absolute atomic E-state index is 0.839. The van der Waals surface area contributed by atoms with E-state index in [1.54, 1.807) is 0 Å². The van der Waals surface area contributed by atoms with E-state index in [1.807, 2.05) is 18.2 Å². The van der Waals surface area contributed by atoms with Crippen molar-refractivity contribution in [2.45, 2.75) is 19.9 Å². The molecule has 4 heteroatoms. The van der Waals surface area contributed by atoms with E-state index in [9.17, 15) is 0 Å². The van der Waals surface area contributed by atoms with Gasteiger partial charge in [-0.2, -0.15) is 5.10 Å². The molecule has 0 unspecified atom stereocenters. The van der Waals surface area contributed by atoms with Crippen LogP contribution in [0, 0.1) is 0 Å². The van der Waals surface area contributed by atoms with E-state index in [0.717, 1.165) is 40.9 Å². The third-order valence-corrected chi connectivity index (χ3v) is 3.21. The van der Waals surface area contributed by atoms with Crippen LogP contribution in [-0.2, 0) is 6.54 Å². The first-order valence-electron chi connectivity index (χ1n) is 5.81. The smallest absolute Gasteiger partial charge is 0.0935 e. The van der Waals surface area contributed by atoms with Crippen LogP contribution in [0.3, 0.4) is 0 Å². The predicted octanol–water partition coefficient (Wildman–Crippen LogP) is 3.34. The Morgan fingerprint density at radius 1 is 1.35 bits per heavy atom. The molecule has 3 nitrogen and oxygen atoms in total. The number of halogens is 1. The second-order valence-electron chi connectivity index (χ2n) is 3.94. The molecule has 0 aliphatic rings. The van der Waals surface area contributed by atoms with Gasteiger partial charge < -0.3 is 5.32 Å². The highest BCUT2D eigenvalue weighted by molar-refractivity contribution is 9.10. The molecule has 90 valence electrons. The number of H-pyrrole nitrogens is 1. The average molecular weight is 294 g/mol. The highest BCUT2D eigenvalue weighted by Crippen LogP contribution is 2.26. The number of hydrogen-bond donors (Lipinski definition) is 2. The van der Waals surface area contributed by atoms with Gasteiger partial charge in [0.15, 0.2) is 0 Å². The first-order chi connectivity index (χ1) is 8.31. The molecule has 0 bridgehead atoms. The Morgan fingerprint density at radius 3 is 2.94 bits per heavy atom. The summed E-state index contributed by atoms with van der Waals surface area (Å²) < 4.78 is 1.07. The minimum atomic E-state index is 0.839. The first kappa shape index (κ1) is 12.3. The maximum atomic E-state index is 4.33. The van der Waals surface area contributed by atoms with E-state index in [0.29, 0.717) is 0 Å². The fourth-order valence-corrected chi connectivity index (χ4v) is 2.15. The van der Waals surface area contributed by atoms with Crippen molar-refractivity contribution in [2.24, 2.45) is 0 Å². The van der Waals surface area contributed by atoms with Gasteiger partial charge in [-0.15, -0.1) is 0 Å². The van der Waals surface area contributed by atoms with Crippen LogP contribution in [0.15, 0.2) is 34.8 Å². The molecule has 0 fully saturated rings. The van der Waals surface area contributed by atoms with Crippen molar-refractivity contribution in [3.8, 4) is 11.3 Å². The van der Waals surface area contributed by atoms with Gasteiger partial charge in [0.2, 0.25) is 0 Å². The molecule has 0 saturated heterocycles. The van der Waals surface area contributed by atoms with Gasteiger partial charge in [-0.05, 0) is 25.1 Å². The summed E-state index contributed by atoms with van der Waals surface area (Å²) in [6.07, 6.45) is 1.14. The van der Waals surface area contributed by atoms with Crippen LogP contribution >= 0.6 is 15.9 Å². The SMILES string of the molecule is CCCNCc1cc(-c2ccccc2Br)n[nH]1. The number of nitrogens with one attached hydrogen (secondary N) is 2. The fourth-order valence-electron chi connectivity index (χ4n) is 1.66. The van der Waals surface area contributed by atoms with Crippen molar-refractivity contribution in [1.82, 2.24) is 15.5 Å². The monoisotopic (exact) mass is 293 g/mol. The quantitative estimate of drug-likeness (QED) is 0.830. The van der Waals surface area contributed by atoms with Gasteiger partial charge >= 0.3 is 0 Å². The molecule has 0 aliphatic heterocycles. The Hall–Kier alpha value is -1.13. The molecule has 1 aromatic heterocycles. The Bertz CT molecular complexity index is 479. The average Bonchev–Trinajstić information content (AvgIpc) is 2.79. The molecular weight excluding hydrogens is 278 g/mol.